The van der Waals surface area contributed by atoms with Crippen LogP contribution < -0.4 is 0 Å². The lowest BCUT2D eigenvalue weighted by atomic mass is 10.3. The summed E-state index contributed by atoms with van der Waals surface area (Å²) in [7, 11) is 0. The van der Waals surface area contributed by atoms with Crippen LogP contribution in [0.5, 0.6) is 0 Å². The number of allylic oxidation sites excluding steroid dienone is 1. The molecule has 0 atom stereocenters. The Labute approximate surface area is 81.4 Å². The highest BCUT2D eigenvalue weighted by molar-refractivity contribution is 9.09. The molecule has 0 aliphatic carbocycles. The van der Waals surface area contributed by atoms with Crippen LogP contribution in [0.15, 0.2) is 18.1 Å². The van der Waals surface area contributed by atoms with Crippen LogP contribution in [0.3, 0.4) is 0 Å². The minimum Gasteiger partial charge on any atom is -0.331 e. The van der Waals surface area contributed by atoms with Crippen LogP contribution in [0.2, 0.25) is 0 Å². The number of imidazole rings is 1. The van der Waals surface area contributed by atoms with Gasteiger partial charge in [-0.05, 0) is 19.9 Å². The van der Waals surface area contributed by atoms with Crippen molar-refractivity contribution in [3.8, 4) is 0 Å². The molecule has 0 spiro atoms. The van der Waals surface area contributed by atoms with Gasteiger partial charge < -0.3 is 4.57 Å². The van der Waals surface area contributed by atoms with Crippen molar-refractivity contribution in [2.24, 2.45) is 0 Å². The van der Waals surface area contributed by atoms with Crippen LogP contribution in [0.4, 0.5) is 0 Å². The molecule has 1 heterocycles. The normalized spacial score (nSPS) is 12.1. The summed E-state index contributed by atoms with van der Waals surface area (Å²) in [4.78, 5) is 4.08. The number of rotatable bonds is 3. The zero-order valence-electron chi connectivity index (χ0n) is 7.42. The van der Waals surface area contributed by atoms with Crippen LogP contribution in [-0.2, 0) is 6.54 Å². The Bertz CT molecular complexity index is 276. The van der Waals surface area contributed by atoms with E-state index in [1.807, 2.05) is 12.5 Å². The summed E-state index contributed by atoms with van der Waals surface area (Å²) in [5, 5.41) is 0.919. The standard InChI is InChI=1S/C9H13BrN2/c1-3-12-7-11-6-9(12)4-8(2)5-10/h4,6-7H,3,5H2,1-2H3. The van der Waals surface area contributed by atoms with Gasteiger partial charge in [0.15, 0.2) is 0 Å². The molecule has 2 nitrogen and oxygen atoms in total. The van der Waals surface area contributed by atoms with Crippen LogP contribution in [0, 0.1) is 0 Å². The molecule has 0 saturated heterocycles. The molecule has 0 radical (unpaired) electrons. The zero-order chi connectivity index (χ0) is 8.97. The van der Waals surface area contributed by atoms with Gasteiger partial charge in [0, 0.05) is 11.9 Å². The van der Waals surface area contributed by atoms with E-state index in [2.05, 4.69) is 45.4 Å². The molecule has 0 unspecified atom stereocenters. The molecule has 0 saturated carbocycles. The van der Waals surface area contributed by atoms with Crippen molar-refractivity contribution in [2.75, 3.05) is 5.33 Å². The van der Waals surface area contributed by atoms with Crippen molar-refractivity contribution >= 4 is 22.0 Å². The van der Waals surface area contributed by atoms with E-state index in [0.29, 0.717) is 0 Å². The van der Waals surface area contributed by atoms with Gasteiger partial charge in [-0.25, -0.2) is 4.98 Å². The van der Waals surface area contributed by atoms with Crippen LogP contribution in [0.25, 0.3) is 6.08 Å². The van der Waals surface area contributed by atoms with E-state index in [1.54, 1.807) is 0 Å². The van der Waals surface area contributed by atoms with Crippen molar-refractivity contribution in [2.45, 2.75) is 20.4 Å². The molecule has 0 N–H and O–H groups in total. The minimum absolute atomic E-state index is 0.919. The maximum absolute atomic E-state index is 4.08. The third kappa shape index (κ3) is 2.21. The molecular formula is C9H13BrN2. The Hall–Kier alpha value is -0.570. The quantitative estimate of drug-likeness (QED) is 0.728. The van der Waals surface area contributed by atoms with E-state index in [1.165, 1.54) is 11.3 Å². The lowest BCUT2D eigenvalue weighted by molar-refractivity contribution is 0.754. The molecule has 0 amide bonds. The number of aryl methyl sites for hydroxylation is 1. The molecule has 3 heteroatoms. The van der Waals surface area contributed by atoms with E-state index < -0.39 is 0 Å². The first kappa shape index (κ1) is 9.52. The predicted molar refractivity (Wildman–Crippen MR) is 55.3 cm³/mol. The first-order valence-electron chi connectivity index (χ1n) is 4.01. The van der Waals surface area contributed by atoms with Crippen LogP contribution >= 0.6 is 15.9 Å². The molecule has 0 aliphatic rings. The molecular weight excluding hydrogens is 216 g/mol. The van der Waals surface area contributed by atoms with Gasteiger partial charge >= 0.3 is 0 Å². The van der Waals surface area contributed by atoms with Crippen LogP contribution in [0.1, 0.15) is 19.5 Å². The molecule has 0 aliphatic heterocycles. The minimum atomic E-state index is 0.919. The Kier molecular flexibility index (Phi) is 3.53. The van der Waals surface area contributed by atoms with E-state index in [4.69, 9.17) is 0 Å². The lowest BCUT2D eigenvalue weighted by Gasteiger charge is -2.00. The lowest BCUT2D eigenvalue weighted by Crippen LogP contribution is -1.94. The van der Waals surface area contributed by atoms with Crippen molar-refractivity contribution < 1.29 is 0 Å². The average molecular weight is 229 g/mol. The Morgan fingerprint density at radius 2 is 2.50 bits per heavy atom. The number of aromatic nitrogens is 2. The molecule has 66 valence electrons. The second-order valence-corrected chi connectivity index (χ2v) is 3.29. The molecule has 1 aromatic heterocycles. The molecule has 1 rings (SSSR count). The molecule has 0 fully saturated rings. The number of nitrogens with zero attached hydrogens (tertiary/aromatic N) is 2. The highest BCUT2D eigenvalue weighted by Gasteiger charge is 1.95. The van der Waals surface area contributed by atoms with Gasteiger partial charge in [-0.1, -0.05) is 21.5 Å². The average Bonchev–Trinajstić information content (AvgIpc) is 2.51. The Morgan fingerprint density at radius 3 is 3.08 bits per heavy atom. The Morgan fingerprint density at radius 1 is 1.75 bits per heavy atom. The fourth-order valence-corrected chi connectivity index (χ4v) is 1.17. The van der Waals surface area contributed by atoms with Crippen molar-refractivity contribution in [3.05, 3.63) is 23.8 Å². The maximum atomic E-state index is 4.08. The Balaban J connectivity index is 2.87. The second-order valence-electron chi connectivity index (χ2n) is 2.73. The third-order valence-corrected chi connectivity index (χ3v) is 2.57. The second kappa shape index (κ2) is 4.45. The summed E-state index contributed by atoms with van der Waals surface area (Å²) >= 11 is 3.41. The summed E-state index contributed by atoms with van der Waals surface area (Å²) in [5.41, 5.74) is 2.49. The maximum Gasteiger partial charge on any atom is 0.0950 e. The van der Waals surface area contributed by atoms with Gasteiger partial charge in [0.2, 0.25) is 0 Å². The van der Waals surface area contributed by atoms with Crippen molar-refractivity contribution in [3.63, 3.8) is 0 Å². The number of alkyl halides is 1. The van der Waals surface area contributed by atoms with E-state index in [9.17, 15) is 0 Å². The van der Waals surface area contributed by atoms with Gasteiger partial charge in [0.1, 0.15) is 0 Å². The van der Waals surface area contributed by atoms with E-state index in [0.717, 1.165) is 11.9 Å². The fourth-order valence-electron chi connectivity index (χ4n) is 1.01. The van der Waals surface area contributed by atoms with Crippen molar-refractivity contribution in [1.82, 2.24) is 9.55 Å². The molecule has 1 aromatic rings. The molecule has 0 aromatic carbocycles. The fraction of sp³-hybridized carbons (Fsp3) is 0.444. The first-order chi connectivity index (χ1) is 5.77. The summed E-state index contributed by atoms with van der Waals surface area (Å²) in [6.45, 7) is 5.19. The number of halogens is 1. The first-order valence-corrected chi connectivity index (χ1v) is 5.13. The zero-order valence-corrected chi connectivity index (χ0v) is 9.00. The van der Waals surface area contributed by atoms with E-state index >= 15 is 0 Å². The van der Waals surface area contributed by atoms with Gasteiger partial charge in [0.05, 0.1) is 18.2 Å². The van der Waals surface area contributed by atoms with Crippen molar-refractivity contribution in [1.29, 1.82) is 0 Å². The smallest absolute Gasteiger partial charge is 0.0950 e. The summed E-state index contributed by atoms with van der Waals surface area (Å²) < 4.78 is 2.12. The topological polar surface area (TPSA) is 17.8 Å². The molecule has 12 heavy (non-hydrogen) atoms. The highest BCUT2D eigenvalue weighted by atomic mass is 79.9. The van der Waals surface area contributed by atoms with Gasteiger partial charge in [-0.2, -0.15) is 0 Å². The largest absolute Gasteiger partial charge is 0.331 e. The number of hydrogen-bond acceptors (Lipinski definition) is 1. The summed E-state index contributed by atoms with van der Waals surface area (Å²) in [6, 6.07) is 0. The van der Waals surface area contributed by atoms with Gasteiger partial charge in [-0.15, -0.1) is 0 Å². The monoisotopic (exact) mass is 228 g/mol. The third-order valence-electron chi connectivity index (χ3n) is 1.69. The number of hydrogen-bond donors (Lipinski definition) is 0. The molecule has 0 bridgehead atoms. The van der Waals surface area contributed by atoms with Crippen LogP contribution in [-0.4, -0.2) is 14.9 Å². The summed E-state index contributed by atoms with van der Waals surface area (Å²) in [5.74, 6) is 0. The SMILES string of the molecule is CCn1cncc1C=C(C)CBr. The summed E-state index contributed by atoms with van der Waals surface area (Å²) in [6.07, 6.45) is 5.88. The van der Waals surface area contributed by atoms with E-state index in [-0.39, 0.29) is 0 Å². The van der Waals surface area contributed by atoms with Gasteiger partial charge in [-0.3, -0.25) is 0 Å². The highest BCUT2D eigenvalue weighted by Crippen LogP contribution is 2.07. The predicted octanol–water partition coefficient (Wildman–Crippen LogP) is 2.70. The van der Waals surface area contributed by atoms with Gasteiger partial charge in [0.25, 0.3) is 0 Å².